The second-order valence-corrected chi connectivity index (χ2v) is 4.51. The van der Waals surface area contributed by atoms with Crippen LogP contribution in [0.25, 0.3) is 0 Å². The highest BCUT2D eigenvalue weighted by Crippen LogP contribution is 2.14. The number of aromatic nitrogens is 1. The summed E-state index contributed by atoms with van der Waals surface area (Å²) in [7, 11) is 1.39. The topological polar surface area (TPSA) is 51.7 Å². The SMILES string of the molecule is COC(=O)[C@@H]1CN(Cc2cccnc2)C[C@@H](C)O1. The Morgan fingerprint density at radius 3 is 3.11 bits per heavy atom. The van der Waals surface area contributed by atoms with Crippen molar-refractivity contribution in [1.82, 2.24) is 9.88 Å². The van der Waals surface area contributed by atoms with Gasteiger partial charge in [0.05, 0.1) is 13.2 Å². The summed E-state index contributed by atoms with van der Waals surface area (Å²) in [6.07, 6.45) is 3.13. The molecule has 0 N–H and O–H groups in total. The van der Waals surface area contributed by atoms with E-state index < -0.39 is 6.10 Å². The van der Waals surface area contributed by atoms with Crippen LogP contribution in [0.2, 0.25) is 0 Å². The van der Waals surface area contributed by atoms with Crippen LogP contribution in [-0.4, -0.2) is 48.3 Å². The number of pyridine rings is 1. The fraction of sp³-hybridized carbons (Fsp3) is 0.538. The average Bonchev–Trinajstić information content (AvgIpc) is 2.38. The molecule has 2 heterocycles. The molecule has 1 fully saturated rings. The van der Waals surface area contributed by atoms with Crippen molar-refractivity contribution in [1.29, 1.82) is 0 Å². The first-order valence-electron chi connectivity index (χ1n) is 6.03. The standard InChI is InChI=1S/C13H18N2O3/c1-10-7-15(8-11-4-3-5-14-6-11)9-12(18-10)13(16)17-2/h3-6,10,12H,7-9H2,1-2H3/t10-,12+/m1/s1. The van der Waals surface area contributed by atoms with Crippen LogP contribution in [-0.2, 0) is 20.8 Å². The van der Waals surface area contributed by atoms with Crippen molar-refractivity contribution in [2.45, 2.75) is 25.7 Å². The highest BCUT2D eigenvalue weighted by molar-refractivity contribution is 5.74. The Hall–Kier alpha value is -1.46. The molecule has 2 rings (SSSR count). The molecule has 0 radical (unpaired) electrons. The van der Waals surface area contributed by atoms with Crippen molar-refractivity contribution in [3.63, 3.8) is 0 Å². The van der Waals surface area contributed by atoms with Crippen molar-refractivity contribution in [2.24, 2.45) is 0 Å². The first kappa shape index (κ1) is 13.0. The average molecular weight is 250 g/mol. The molecule has 1 aromatic rings. The van der Waals surface area contributed by atoms with Gasteiger partial charge in [-0.15, -0.1) is 0 Å². The number of rotatable bonds is 3. The van der Waals surface area contributed by atoms with Gasteiger partial charge in [0.2, 0.25) is 0 Å². The Morgan fingerprint density at radius 2 is 2.44 bits per heavy atom. The lowest BCUT2D eigenvalue weighted by Crippen LogP contribution is -2.49. The van der Waals surface area contributed by atoms with Crippen molar-refractivity contribution in [3.8, 4) is 0 Å². The van der Waals surface area contributed by atoms with E-state index >= 15 is 0 Å². The van der Waals surface area contributed by atoms with Gasteiger partial charge in [0.1, 0.15) is 0 Å². The van der Waals surface area contributed by atoms with Gasteiger partial charge in [-0.25, -0.2) is 4.79 Å². The molecule has 5 heteroatoms. The van der Waals surface area contributed by atoms with Gasteiger partial charge in [0, 0.05) is 32.0 Å². The minimum Gasteiger partial charge on any atom is -0.467 e. The lowest BCUT2D eigenvalue weighted by atomic mass is 10.2. The maximum Gasteiger partial charge on any atom is 0.336 e. The molecule has 98 valence electrons. The molecule has 0 unspecified atom stereocenters. The Morgan fingerprint density at radius 1 is 1.61 bits per heavy atom. The lowest BCUT2D eigenvalue weighted by Gasteiger charge is -2.35. The number of hydrogen-bond donors (Lipinski definition) is 0. The zero-order valence-electron chi connectivity index (χ0n) is 10.7. The molecule has 0 aliphatic carbocycles. The fourth-order valence-electron chi connectivity index (χ4n) is 2.18. The predicted octanol–water partition coefficient (Wildman–Crippen LogP) is 0.844. The Bertz CT molecular complexity index is 396. The Labute approximate surface area is 107 Å². The quantitative estimate of drug-likeness (QED) is 0.744. The highest BCUT2D eigenvalue weighted by atomic mass is 16.6. The Balaban J connectivity index is 1.98. The van der Waals surface area contributed by atoms with Crippen molar-refractivity contribution < 1.29 is 14.3 Å². The molecule has 1 aromatic heterocycles. The number of nitrogens with zero attached hydrogens (tertiary/aromatic N) is 2. The molecule has 0 amide bonds. The maximum absolute atomic E-state index is 11.5. The summed E-state index contributed by atoms with van der Waals surface area (Å²) in [6, 6.07) is 3.94. The smallest absolute Gasteiger partial charge is 0.336 e. The van der Waals surface area contributed by atoms with Crippen molar-refractivity contribution in [3.05, 3.63) is 30.1 Å². The van der Waals surface area contributed by atoms with Crippen LogP contribution in [0.5, 0.6) is 0 Å². The summed E-state index contributed by atoms with van der Waals surface area (Å²) in [5.74, 6) is -0.308. The monoisotopic (exact) mass is 250 g/mol. The maximum atomic E-state index is 11.5. The van der Waals surface area contributed by atoms with Crippen LogP contribution < -0.4 is 0 Å². The van der Waals surface area contributed by atoms with E-state index in [4.69, 9.17) is 9.47 Å². The number of esters is 1. The van der Waals surface area contributed by atoms with E-state index in [-0.39, 0.29) is 12.1 Å². The number of ether oxygens (including phenoxy) is 2. The molecular formula is C13H18N2O3. The number of carbonyl (C=O) groups is 1. The molecular weight excluding hydrogens is 232 g/mol. The number of methoxy groups -OCH3 is 1. The van der Waals surface area contributed by atoms with Gasteiger partial charge in [-0.3, -0.25) is 9.88 Å². The van der Waals surface area contributed by atoms with E-state index in [1.807, 2.05) is 25.3 Å². The van der Waals surface area contributed by atoms with E-state index in [1.54, 1.807) is 6.20 Å². The number of morpholine rings is 1. The molecule has 0 aromatic carbocycles. The summed E-state index contributed by atoms with van der Waals surface area (Å²) < 4.78 is 10.3. The summed E-state index contributed by atoms with van der Waals surface area (Å²) in [4.78, 5) is 17.8. The van der Waals surface area contributed by atoms with Crippen LogP contribution in [0.15, 0.2) is 24.5 Å². The first-order valence-corrected chi connectivity index (χ1v) is 6.03. The van der Waals surface area contributed by atoms with Crippen LogP contribution in [0, 0.1) is 0 Å². The first-order chi connectivity index (χ1) is 8.69. The minimum absolute atomic E-state index is 0.0273. The predicted molar refractivity (Wildman–Crippen MR) is 65.9 cm³/mol. The van der Waals surface area contributed by atoms with Crippen molar-refractivity contribution >= 4 is 5.97 Å². The van der Waals surface area contributed by atoms with E-state index in [9.17, 15) is 4.79 Å². The number of hydrogen-bond acceptors (Lipinski definition) is 5. The summed E-state index contributed by atoms with van der Waals surface area (Å²) in [5, 5.41) is 0. The lowest BCUT2D eigenvalue weighted by molar-refractivity contribution is -0.166. The van der Waals surface area contributed by atoms with Crippen LogP contribution >= 0.6 is 0 Å². The molecule has 5 nitrogen and oxygen atoms in total. The minimum atomic E-state index is -0.490. The van der Waals surface area contributed by atoms with Gasteiger partial charge in [-0.1, -0.05) is 6.07 Å². The normalized spacial score (nSPS) is 24.8. The Kier molecular flexibility index (Phi) is 4.28. The van der Waals surface area contributed by atoms with Gasteiger partial charge in [0.25, 0.3) is 0 Å². The summed E-state index contributed by atoms with van der Waals surface area (Å²) in [6.45, 7) is 4.11. The third-order valence-electron chi connectivity index (χ3n) is 2.93. The third-order valence-corrected chi connectivity index (χ3v) is 2.93. The molecule has 18 heavy (non-hydrogen) atoms. The van der Waals surface area contributed by atoms with E-state index in [2.05, 4.69) is 9.88 Å². The largest absolute Gasteiger partial charge is 0.467 e. The summed E-state index contributed by atoms with van der Waals surface area (Å²) >= 11 is 0. The second kappa shape index (κ2) is 5.93. The van der Waals surface area contributed by atoms with E-state index in [0.29, 0.717) is 6.54 Å². The van der Waals surface area contributed by atoms with E-state index in [1.165, 1.54) is 7.11 Å². The molecule has 0 saturated carbocycles. The zero-order chi connectivity index (χ0) is 13.0. The van der Waals surface area contributed by atoms with Crippen molar-refractivity contribution in [2.75, 3.05) is 20.2 Å². The van der Waals surface area contributed by atoms with Gasteiger partial charge >= 0.3 is 5.97 Å². The van der Waals surface area contributed by atoms with Gasteiger partial charge in [-0.05, 0) is 18.6 Å². The molecule has 2 atom stereocenters. The van der Waals surface area contributed by atoms with Crippen LogP contribution in [0.4, 0.5) is 0 Å². The molecule has 1 aliphatic rings. The molecule has 1 aliphatic heterocycles. The highest BCUT2D eigenvalue weighted by Gasteiger charge is 2.30. The second-order valence-electron chi connectivity index (χ2n) is 4.51. The van der Waals surface area contributed by atoms with Gasteiger partial charge in [0.15, 0.2) is 6.10 Å². The van der Waals surface area contributed by atoms with Crippen LogP contribution in [0.3, 0.4) is 0 Å². The number of carbonyl (C=O) groups excluding carboxylic acids is 1. The van der Waals surface area contributed by atoms with Crippen LogP contribution in [0.1, 0.15) is 12.5 Å². The molecule has 0 bridgehead atoms. The van der Waals surface area contributed by atoms with Gasteiger partial charge < -0.3 is 9.47 Å². The zero-order valence-corrected chi connectivity index (χ0v) is 10.7. The summed E-state index contributed by atoms with van der Waals surface area (Å²) in [5.41, 5.74) is 1.13. The molecule has 1 saturated heterocycles. The van der Waals surface area contributed by atoms with E-state index in [0.717, 1.165) is 18.7 Å². The van der Waals surface area contributed by atoms with Gasteiger partial charge in [-0.2, -0.15) is 0 Å². The third kappa shape index (κ3) is 3.27. The molecule has 0 spiro atoms. The fourth-order valence-corrected chi connectivity index (χ4v) is 2.18.